The van der Waals surface area contributed by atoms with E-state index in [-0.39, 0.29) is 18.3 Å². The lowest BCUT2D eigenvalue weighted by Crippen LogP contribution is -2.56. The van der Waals surface area contributed by atoms with Gasteiger partial charge in [-0.2, -0.15) is 13.2 Å². The Balaban J connectivity index is 1.89. The van der Waals surface area contributed by atoms with Crippen molar-refractivity contribution in [2.45, 2.75) is 31.1 Å². The number of pyridine rings is 1. The van der Waals surface area contributed by atoms with E-state index in [0.717, 1.165) is 0 Å². The summed E-state index contributed by atoms with van der Waals surface area (Å²) in [6.45, 7) is -0.436. The summed E-state index contributed by atoms with van der Waals surface area (Å²) >= 11 is 0. The van der Waals surface area contributed by atoms with E-state index in [1.54, 1.807) is 6.07 Å². The second-order valence-electron chi connectivity index (χ2n) is 5.36. The third-order valence-electron chi connectivity index (χ3n) is 3.47. The maximum absolute atomic E-state index is 12.1. The summed E-state index contributed by atoms with van der Waals surface area (Å²) in [7, 11) is 0. The number of nitrogens with two attached hydrogens (primary N) is 1. The van der Waals surface area contributed by atoms with Crippen molar-refractivity contribution in [2.24, 2.45) is 5.73 Å². The molecule has 0 atom stereocenters. The lowest BCUT2D eigenvalue weighted by Gasteiger charge is -2.31. The van der Waals surface area contributed by atoms with E-state index in [4.69, 9.17) is 10.5 Å². The Morgan fingerprint density at radius 1 is 1.43 bits per heavy atom. The predicted molar refractivity (Wildman–Crippen MR) is 74.6 cm³/mol. The predicted octanol–water partition coefficient (Wildman–Crippen LogP) is 1.15. The molecule has 0 aromatic carbocycles. The molecule has 1 fully saturated rings. The van der Waals surface area contributed by atoms with Gasteiger partial charge in [0, 0.05) is 32.0 Å². The van der Waals surface area contributed by atoms with Crippen LogP contribution >= 0.6 is 0 Å². The first kappa shape index (κ1) is 17.5. The van der Waals surface area contributed by atoms with E-state index < -0.39 is 18.3 Å². The zero-order valence-corrected chi connectivity index (χ0v) is 12.4. The maximum Gasteiger partial charge on any atom is 0.422 e. The Labute approximate surface area is 131 Å². The van der Waals surface area contributed by atoms with Crippen LogP contribution in [0.25, 0.3) is 0 Å². The quantitative estimate of drug-likeness (QED) is 0.844. The third-order valence-corrected chi connectivity index (χ3v) is 3.47. The molecule has 0 bridgehead atoms. The Bertz CT molecular complexity index is 546. The standard InChI is InChI=1S/C14H18F3N3O3/c15-14(16,17)9-23-11-7-10(1-4-19-11)8-20-12(21)13(18)2-5-22-6-3-13/h1,4,7H,2-3,5-6,8-9,18H2,(H,20,21). The van der Waals surface area contributed by atoms with Gasteiger partial charge < -0.3 is 20.5 Å². The number of nitrogens with zero attached hydrogens (tertiary/aromatic N) is 1. The number of hydrogen-bond acceptors (Lipinski definition) is 5. The molecule has 3 N–H and O–H groups in total. The molecule has 0 saturated carbocycles. The highest BCUT2D eigenvalue weighted by Gasteiger charge is 2.35. The van der Waals surface area contributed by atoms with Crippen LogP contribution in [-0.4, -0.2) is 42.4 Å². The van der Waals surface area contributed by atoms with Crippen LogP contribution < -0.4 is 15.8 Å². The fourth-order valence-electron chi connectivity index (χ4n) is 2.12. The van der Waals surface area contributed by atoms with E-state index >= 15 is 0 Å². The first-order valence-corrected chi connectivity index (χ1v) is 7.08. The number of aromatic nitrogens is 1. The molecular weight excluding hydrogens is 315 g/mol. The number of hydrogen-bond donors (Lipinski definition) is 2. The van der Waals surface area contributed by atoms with E-state index in [0.29, 0.717) is 31.6 Å². The zero-order chi connectivity index (χ0) is 16.9. The van der Waals surface area contributed by atoms with Crippen LogP contribution in [0.5, 0.6) is 5.88 Å². The lowest BCUT2D eigenvalue weighted by atomic mass is 9.90. The van der Waals surface area contributed by atoms with Crippen LogP contribution in [0.1, 0.15) is 18.4 Å². The van der Waals surface area contributed by atoms with Crippen molar-refractivity contribution in [3.05, 3.63) is 23.9 Å². The van der Waals surface area contributed by atoms with Gasteiger partial charge in [-0.25, -0.2) is 4.98 Å². The molecule has 1 saturated heterocycles. The van der Waals surface area contributed by atoms with Crippen molar-refractivity contribution >= 4 is 5.91 Å². The maximum atomic E-state index is 12.1. The summed E-state index contributed by atoms with van der Waals surface area (Å²) in [5.74, 6) is -0.460. The highest BCUT2D eigenvalue weighted by Crippen LogP contribution is 2.19. The SMILES string of the molecule is NC1(C(=O)NCc2ccnc(OCC(F)(F)F)c2)CCOCC1. The molecule has 1 aliphatic rings. The van der Waals surface area contributed by atoms with Gasteiger partial charge in [-0.05, 0) is 24.5 Å². The van der Waals surface area contributed by atoms with Crippen LogP contribution in [0.15, 0.2) is 18.3 Å². The zero-order valence-electron chi connectivity index (χ0n) is 12.4. The van der Waals surface area contributed by atoms with Crippen LogP contribution in [0, 0.1) is 0 Å². The van der Waals surface area contributed by atoms with Gasteiger partial charge in [0.05, 0.1) is 5.54 Å². The topological polar surface area (TPSA) is 86.5 Å². The van der Waals surface area contributed by atoms with Gasteiger partial charge >= 0.3 is 6.18 Å². The largest absolute Gasteiger partial charge is 0.468 e. The second kappa shape index (κ2) is 7.14. The minimum Gasteiger partial charge on any atom is -0.468 e. The van der Waals surface area contributed by atoms with Gasteiger partial charge in [-0.15, -0.1) is 0 Å². The molecule has 6 nitrogen and oxygen atoms in total. The van der Waals surface area contributed by atoms with Gasteiger partial charge in [-0.1, -0.05) is 0 Å². The fraction of sp³-hybridized carbons (Fsp3) is 0.571. The van der Waals surface area contributed by atoms with Crippen molar-refractivity contribution in [1.82, 2.24) is 10.3 Å². The van der Waals surface area contributed by atoms with Gasteiger partial charge in [-0.3, -0.25) is 4.79 Å². The Morgan fingerprint density at radius 3 is 2.78 bits per heavy atom. The fourth-order valence-corrected chi connectivity index (χ4v) is 2.12. The smallest absolute Gasteiger partial charge is 0.422 e. The van der Waals surface area contributed by atoms with Crippen molar-refractivity contribution in [3.8, 4) is 5.88 Å². The number of alkyl halides is 3. The number of carbonyl (C=O) groups excluding carboxylic acids is 1. The molecule has 1 aromatic rings. The molecule has 0 radical (unpaired) electrons. The normalized spacial score (nSPS) is 17.6. The van der Waals surface area contributed by atoms with E-state index in [9.17, 15) is 18.0 Å². The first-order chi connectivity index (χ1) is 10.8. The monoisotopic (exact) mass is 333 g/mol. The Morgan fingerprint density at radius 2 is 2.13 bits per heavy atom. The van der Waals surface area contributed by atoms with Crippen molar-refractivity contribution < 1.29 is 27.4 Å². The summed E-state index contributed by atoms with van der Waals surface area (Å²) in [6, 6.07) is 2.92. The minimum atomic E-state index is -4.43. The molecule has 0 spiro atoms. The van der Waals surface area contributed by atoms with Crippen molar-refractivity contribution in [1.29, 1.82) is 0 Å². The highest BCUT2D eigenvalue weighted by molar-refractivity contribution is 5.86. The summed E-state index contributed by atoms with van der Waals surface area (Å²) in [4.78, 5) is 15.8. The highest BCUT2D eigenvalue weighted by atomic mass is 19.4. The molecule has 2 rings (SSSR count). The van der Waals surface area contributed by atoms with Crippen LogP contribution in [0.2, 0.25) is 0 Å². The molecular formula is C14H18F3N3O3. The number of halogens is 3. The Hall–Kier alpha value is -1.87. The first-order valence-electron chi connectivity index (χ1n) is 7.08. The molecule has 0 unspecified atom stereocenters. The average Bonchev–Trinajstić information content (AvgIpc) is 2.51. The van der Waals surface area contributed by atoms with E-state index in [2.05, 4.69) is 15.0 Å². The number of amides is 1. The molecule has 1 aliphatic heterocycles. The van der Waals surface area contributed by atoms with E-state index in [1.807, 2.05) is 0 Å². The van der Waals surface area contributed by atoms with Crippen molar-refractivity contribution in [2.75, 3.05) is 19.8 Å². The summed E-state index contributed by atoms with van der Waals surface area (Å²) in [5.41, 5.74) is 5.64. The second-order valence-corrected chi connectivity index (χ2v) is 5.36. The summed E-state index contributed by atoms with van der Waals surface area (Å²) in [6.07, 6.45) is -2.26. The van der Waals surface area contributed by atoms with Gasteiger partial charge in [0.15, 0.2) is 6.61 Å². The van der Waals surface area contributed by atoms with Crippen LogP contribution in [0.3, 0.4) is 0 Å². The van der Waals surface area contributed by atoms with Gasteiger partial charge in [0.2, 0.25) is 11.8 Å². The third kappa shape index (κ3) is 5.36. The summed E-state index contributed by atoms with van der Waals surface area (Å²) < 4.78 is 46.1. The average molecular weight is 333 g/mol. The Kier molecular flexibility index (Phi) is 5.42. The molecule has 23 heavy (non-hydrogen) atoms. The van der Waals surface area contributed by atoms with E-state index in [1.165, 1.54) is 12.3 Å². The molecule has 1 aromatic heterocycles. The molecule has 0 aliphatic carbocycles. The number of ether oxygens (including phenoxy) is 2. The number of rotatable bonds is 5. The molecule has 1 amide bonds. The lowest BCUT2D eigenvalue weighted by molar-refractivity contribution is -0.154. The number of nitrogens with one attached hydrogen (secondary N) is 1. The molecule has 9 heteroatoms. The minimum absolute atomic E-state index is 0.129. The number of carbonyl (C=O) groups is 1. The van der Waals surface area contributed by atoms with Gasteiger partial charge in [0.25, 0.3) is 0 Å². The molecule has 2 heterocycles. The van der Waals surface area contributed by atoms with Crippen LogP contribution in [0.4, 0.5) is 13.2 Å². The molecule has 128 valence electrons. The summed E-state index contributed by atoms with van der Waals surface area (Å²) in [5, 5.41) is 2.68. The van der Waals surface area contributed by atoms with Crippen molar-refractivity contribution in [3.63, 3.8) is 0 Å². The van der Waals surface area contributed by atoms with Gasteiger partial charge in [0.1, 0.15) is 0 Å². The van der Waals surface area contributed by atoms with Crippen LogP contribution in [-0.2, 0) is 16.1 Å².